The quantitative estimate of drug-likeness (QED) is 0.622. The van der Waals surface area contributed by atoms with E-state index >= 15 is 0 Å². The van der Waals surface area contributed by atoms with Crippen molar-refractivity contribution in [2.75, 3.05) is 17.1 Å². The first-order chi connectivity index (χ1) is 13.2. The zero-order valence-corrected chi connectivity index (χ0v) is 18.1. The molecule has 0 aliphatic rings. The van der Waals surface area contributed by atoms with E-state index in [0.29, 0.717) is 23.7 Å². The second-order valence-corrected chi connectivity index (χ2v) is 9.14. The van der Waals surface area contributed by atoms with Crippen LogP contribution < -0.4 is 9.62 Å². The number of benzene rings is 2. The standard InChI is InChI=1S/C21H27ClN2O3S/c1-4-20(24(28(3,26)27)19-9-5-7-16(2)15-19)21(25)23-14-6-8-17-10-12-18(22)13-11-17/h5,7,9-13,15,20H,4,6,8,14H2,1-3H3,(H,23,25)/t20-/m0/s1. The molecule has 0 aliphatic heterocycles. The van der Waals surface area contributed by atoms with Gasteiger partial charge in [0.2, 0.25) is 15.9 Å². The Balaban J connectivity index is 2.04. The summed E-state index contributed by atoms with van der Waals surface area (Å²) in [6, 6.07) is 14.0. The molecule has 0 spiro atoms. The maximum Gasteiger partial charge on any atom is 0.243 e. The Morgan fingerprint density at radius 3 is 2.43 bits per heavy atom. The number of anilines is 1. The minimum absolute atomic E-state index is 0.287. The van der Waals surface area contributed by atoms with Crippen molar-refractivity contribution in [3.63, 3.8) is 0 Å². The minimum Gasteiger partial charge on any atom is -0.354 e. The highest BCUT2D eigenvalue weighted by molar-refractivity contribution is 7.92. The van der Waals surface area contributed by atoms with E-state index in [9.17, 15) is 13.2 Å². The van der Waals surface area contributed by atoms with Crippen molar-refractivity contribution in [3.05, 3.63) is 64.7 Å². The predicted molar refractivity (Wildman–Crippen MR) is 115 cm³/mol. The summed E-state index contributed by atoms with van der Waals surface area (Å²) >= 11 is 5.88. The average molecular weight is 423 g/mol. The van der Waals surface area contributed by atoms with Crippen molar-refractivity contribution >= 4 is 33.2 Å². The van der Waals surface area contributed by atoms with Crippen LogP contribution in [0, 0.1) is 6.92 Å². The van der Waals surface area contributed by atoms with Crippen LogP contribution >= 0.6 is 11.6 Å². The lowest BCUT2D eigenvalue weighted by Crippen LogP contribution is -2.49. The summed E-state index contributed by atoms with van der Waals surface area (Å²) in [6.45, 7) is 4.18. The third-order valence-electron chi connectivity index (χ3n) is 4.44. The fourth-order valence-electron chi connectivity index (χ4n) is 3.10. The molecule has 0 saturated heterocycles. The van der Waals surface area contributed by atoms with Crippen molar-refractivity contribution in [3.8, 4) is 0 Å². The van der Waals surface area contributed by atoms with Crippen molar-refractivity contribution in [2.24, 2.45) is 0 Å². The molecule has 1 amide bonds. The number of sulfonamides is 1. The summed E-state index contributed by atoms with van der Waals surface area (Å²) in [4.78, 5) is 12.7. The largest absolute Gasteiger partial charge is 0.354 e. The van der Waals surface area contributed by atoms with E-state index in [0.717, 1.165) is 30.2 Å². The van der Waals surface area contributed by atoms with Gasteiger partial charge in [-0.15, -0.1) is 0 Å². The molecule has 1 atom stereocenters. The van der Waals surface area contributed by atoms with Gasteiger partial charge in [0, 0.05) is 11.6 Å². The lowest BCUT2D eigenvalue weighted by molar-refractivity contribution is -0.122. The average Bonchev–Trinajstić information content (AvgIpc) is 2.63. The number of aryl methyl sites for hydroxylation is 2. The topological polar surface area (TPSA) is 66.5 Å². The zero-order valence-electron chi connectivity index (χ0n) is 16.5. The summed E-state index contributed by atoms with van der Waals surface area (Å²) in [5.74, 6) is -0.287. The van der Waals surface area contributed by atoms with Crippen molar-refractivity contribution in [1.29, 1.82) is 0 Å². The maximum atomic E-state index is 12.7. The number of carbonyl (C=O) groups excluding carboxylic acids is 1. The van der Waals surface area contributed by atoms with Gasteiger partial charge in [0.15, 0.2) is 0 Å². The maximum absolute atomic E-state index is 12.7. The highest BCUT2D eigenvalue weighted by Gasteiger charge is 2.31. The highest BCUT2D eigenvalue weighted by atomic mass is 35.5. The Labute approximate surface area is 172 Å². The Bertz CT molecular complexity index is 898. The lowest BCUT2D eigenvalue weighted by Gasteiger charge is -2.30. The van der Waals surface area contributed by atoms with Crippen LogP contribution in [0.1, 0.15) is 30.9 Å². The van der Waals surface area contributed by atoms with Gasteiger partial charge in [-0.1, -0.05) is 42.8 Å². The zero-order chi connectivity index (χ0) is 20.7. The summed E-state index contributed by atoms with van der Waals surface area (Å²) < 4.78 is 26.1. The fourth-order valence-corrected chi connectivity index (χ4v) is 4.43. The summed E-state index contributed by atoms with van der Waals surface area (Å²) in [5, 5.41) is 3.58. The van der Waals surface area contributed by atoms with Crippen LogP contribution in [0.5, 0.6) is 0 Å². The first-order valence-corrected chi connectivity index (χ1v) is 11.5. The molecule has 0 fully saturated rings. The number of nitrogens with zero attached hydrogens (tertiary/aromatic N) is 1. The monoisotopic (exact) mass is 422 g/mol. The Morgan fingerprint density at radius 2 is 1.86 bits per heavy atom. The molecule has 0 aromatic heterocycles. The third-order valence-corrected chi connectivity index (χ3v) is 5.87. The number of carbonyl (C=O) groups is 1. The van der Waals surface area contributed by atoms with Gasteiger partial charge >= 0.3 is 0 Å². The third kappa shape index (κ3) is 6.24. The molecule has 0 saturated carbocycles. The lowest BCUT2D eigenvalue weighted by atomic mass is 10.1. The van der Waals surface area contributed by atoms with E-state index in [1.54, 1.807) is 18.2 Å². The van der Waals surface area contributed by atoms with E-state index in [4.69, 9.17) is 11.6 Å². The summed E-state index contributed by atoms with van der Waals surface area (Å²) in [6.07, 6.45) is 3.07. The van der Waals surface area contributed by atoms with Crippen LogP contribution in [0.4, 0.5) is 5.69 Å². The van der Waals surface area contributed by atoms with Gasteiger partial charge < -0.3 is 5.32 Å². The van der Waals surface area contributed by atoms with E-state index in [-0.39, 0.29) is 5.91 Å². The molecule has 0 radical (unpaired) electrons. The molecule has 28 heavy (non-hydrogen) atoms. The van der Waals surface area contributed by atoms with Gasteiger partial charge in [0.1, 0.15) is 6.04 Å². The Hall–Kier alpha value is -2.05. The minimum atomic E-state index is -3.61. The van der Waals surface area contributed by atoms with Crippen LogP contribution in [0.3, 0.4) is 0 Å². The molecule has 0 heterocycles. The smallest absolute Gasteiger partial charge is 0.243 e. The molecule has 152 valence electrons. The Kier molecular flexibility index (Phi) is 7.89. The van der Waals surface area contributed by atoms with Crippen molar-refractivity contribution in [2.45, 2.75) is 39.2 Å². The van der Waals surface area contributed by atoms with Crippen molar-refractivity contribution < 1.29 is 13.2 Å². The van der Waals surface area contributed by atoms with Gasteiger partial charge in [0.05, 0.1) is 11.9 Å². The van der Waals surface area contributed by atoms with Gasteiger partial charge in [-0.3, -0.25) is 9.10 Å². The number of rotatable bonds is 9. The van der Waals surface area contributed by atoms with E-state index < -0.39 is 16.1 Å². The molecule has 5 nitrogen and oxygen atoms in total. The van der Waals surface area contributed by atoms with E-state index in [2.05, 4.69) is 5.32 Å². The number of hydrogen-bond acceptors (Lipinski definition) is 3. The van der Waals surface area contributed by atoms with Crippen LogP contribution in [-0.4, -0.2) is 33.2 Å². The van der Waals surface area contributed by atoms with E-state index in [1.807, 2.05) is 44.2 Å². The van der Waals surface area contributed by atoms with E-state index in [1.165, 1.54) is 4.31 Å². The normalized spacial score (nSPS) is 12.4. The Morgan fingerprint density at radius 1 is 1.18 bits per heavy atom. The van der Waals surface area contributed by atoms with Gasteiger partial charge in [0.25, 0.3) is 0 Å². The second-order valence-electron chi connectivity index (χ2n) is 6.84. The number of hydrogen-bond donors (Lipinski definition) is 1. The van der Waals surface area contributed by atoms with Gasteiger partial charge in [-0.2, -0.15) is 0 Å². The predicted octanol–water partition coefficient (Wildman–Crippen LogP) is 3.94. The van der Waals surface area contributed by atoms with Crippen LogP contribution in [-0.2, 0) is 21.2 Å². The highest BCUT2D eigenvalue weighted by Crippen LogP contribution is 2.23. The number of amides is 1. The van der Waals surface area contributed by atoms with Gasteiger partial charge in [-0.25, -0.2) is 8.42 Å². The first-order valence-electron chi connectivity index (χ1n) is 9.30. The molecule has 2 aromatic rings. The molecule has 1 N–H and O–H groups in total. The summed E-state index contributed by atoms with van der Waals surface area (Å²) in [5.41, 5.74) is 2.58. The van der Waals surface area contributed by atoms with Crippen LogP contribution in [0.25, 0.3) is 0 Å². The molecule has 2 rings (SSSR count). The second kappa shape index (κ2) is 9.94. The first kappa shape index (κ1) is 22.2. The van der Waals surface area contributed by atoms with Gasteiger partial charge in [-0.05, 0) is 61.6 Å². The summed E-state index contributed by atoms with van der Waals surface area (Å²) in [7, 11) is -3.61. The fraction of sp³-hybridized carbons (Fsp3) is 0.381. The van der Waals surface area contributed by atoms with Crippen LogP contribution in [0.2, 0.25) is 5.02 Å². The number of nitrogens with one attached hydrogen (secondary N) is 1. The molecule has 2 aromatic carbocycles. The number of halogens is 1. The molecular weight excluding hydrogens is 396 g/mol. The molecule has 0 unspecified atom stereocenters. The SMILES string of the molecule is CC[C@@H](C(=O)NCCCc1ccc(Cl)cc1)N(c1cccc(C)c1)S(C)(=O)=O. The van der Waals surface area contributed by atoms with Crippen LogP contribution in [0.15, 0.2) is 48.5 Å². The molecular formula is C21H27ClN2O3S. The van der Waals surface area contributed by atoms with Crippen molar-refractivity contribution in [1.82, 2.24) is 5.32 Å². The molecule has 0 aliphatic carbocycles. The molecule has 0 bridgehead atoms. The molecule has 7 heteroatoms.